The van der Waals surface area contributed by atoms with E-state index in [-0.39, 0.29) is 11.2 Å². The topological polar surface area (TPSA) is 28.2 Å². The van der Waals surface area contributed by atoms with Crippen LogP contribution in [0.1, 0.15) is 11.3 Å². The molecule has 0 amide bonds. The van der Waals surface area contributed by atoms with Gasteiger partial charge in [-0.3, -0.25) is 0 Å². The SMILES string of the molecule is FC(F)(F)c1cc2c(c(Cl)n1)CC1CNCCN21. The van der Waals surface area contributed by atoms with Crippen LogP contribution in [0.2, 0.25) is 5.15 Å². The van der Waals surface area contributed by atoms with Crippen molar-refractivity contribution in [1.29, 1.82) is 0 Å². The Bertz CT molecular complexity index is 489. The Kier molecular flexibility index (Phi) is 2.67. The van der Waals surface area contributed by atoms with Crippen LogP contribution < -0.4 is 10.2 Å². The molecule has 3 rings (SSSR count). The molecule has 1 saturated heterocycles. The van der Waals surface area contributed by atoms with Crippen LogP contribution in [0, 0.1) is 0 Å². The fraction of sp³-hybridized carbons (Fsp3) is 0.545. The van der Waals surface area contributed by atoms with Crippen LogP contribution in [-0.4, -0.2) is 30.7 Å². The van der Waals surface area contributed by atoms with Crippen molar-refractivity contribution < 1.29 is 13.2 Å². The summed E-state index contributed by atoms with van der Waals surface area (Å²) in [4.78, 5) is 5.46. The molecule has 1 aromatic rings. The molecule has 0 spiro atoms. The maximum absolute atomic E-state index is 12.7. The highest BCUT2D eigenvalue weighted by atomic mass is 35.5. The van der Waals surface area contributed by atoms with E-state index >= 15 is 0 Å². The average molecular weight is 278 g/mol. The number of nitrogens with one attached hydrogen (secondary N) is 1. The van der Waals surface area contributed by atoms with E-state index in [0.717, 1.165) is 24.7 Å². The van der Waals surface area contributed by atoms with Gasteiger partial charge < -0.3 is 10.2 Å². The Morgan fingerprint density at radius 2 is 2.22 bits per heavy atom. The van der Waals surface area contributed by atoms with Gasteiger partial charge in [0, 0.05) is 36.9 Å². The number of hydrogen-bond donors (Lipinski definition) is 1. The third kappa shape index (κ3) is 1.83. The second-order valence-electron chi connectivity index (χ2n) is 4.55. The van der Waals surface area contributed by atoms with E-state index in [1.165, 1.54) is 0 Å². The number of anilines is 1. The van der Waals surface area contributed by atoms with E-state index in [1.807, 2.05) is 4.90 Å². The van der Waals surface area contributed by atoms with Crippen molar-refractivity contribution in [2.24, 2.45) is 0 Å². The third-order valence-corrected chi connectivity index (χ3v) is 3.75. The van der Waals surface area contributed by atoms with Crippen LogP contribution in [0.15, 0.2) is 6.07 Å². The van der Waals surface area contributed by atoms with Crippen LogP contribution in [0.25, 0.3) is 0 Å². The second-order valence-corrected chi connectivity index (χ2v) is 4.91. The van der Waals surface area contributed by atoms with Gasteiger partial charge >= 0.3 is 6.18 Å². The van der Waals surface area contributed by atoms with Crippen LogP contribution in [0.4, 0.5) is 18.9 Å². The first-order valence-electron chi connectivity index (χ1n) is 5.71. The molecule has 3 nitrogen and oxygen atoms in total. The lowest BCUT2D eigenvalue weighted by Crippen LogP contribution is -2.49. The molecule has 0 bridgehead atoms. The number of pyridine rings is 1. The van der Waals surface area contributed by atoms with Gasteiger partial charge in [-0.15, -0.1) is 0 Å². The third-order valence-electron chi connectivity index (χ3n) is 3.44. The molecular weight excluding hydrogens is 267 g/mol. The van der Waals surface area contributed by atoms with Gasteiger partial charge in [-0.1, -0.05) is 11.6 Å². The molecule has 1 aromatic heterocycles. The van der Waals surface area contributed by atoms with Crippen molar-refractivity contribution in [2.45, 2.75) is 18.6 Å². The van der Waals surface area contributed by atoms with Crippen molar-refractivity contribution in [1.82, 2.24) is 10.3 Å². The zero-order valence-corrected chi connectivity index (χ0v) is 10.1. The van der Waals surface area contributed by atoms with Gasteiger partial charge in [0.1, 0.15) is 10.8 Å². The number of piperazine rings is 1. The fourth-order valence-corrected chi connectivity index (χ4v) is 2.88. The molecule has 0 aromatic carbocycles. The van der Waals surface area contributed by atoms with Crippen LogP contribution in [0.3, 0.4) is 0 Å². The van der Waals surface area contributed by atoms with Gasteiger partial charge in [0.2, 0.25) is 0 Å². The predicted molar refractivity (Wildman–Crippen MR) is 62.0 cm³/mol. The standard InChI is InChI=1S/C11H11ClF3N3/c12-10-7-3-6-5-16-1-2-18(6)8(7)4-9(17-10)11(13,14)15/h4,6,16H,1-3,5H2. The molecule has 0 saturated carbocycles. The minimum atomic E-state index is -4.45. The normalized spacial score (nSPS) is 22.9. The molecule has 2 aliphatic heterocycles. The van der Waals surface area contributed by atoms with E-state index < -0.39 is 11.9 Å². The number of aromatic nitrogens is 1. The van der Waals surface area contributed by atoms with Gasteiger partial charge in [0.15, 0.2) is 0 Å². The van der Waals surface area contributed by atoms with Gasteiger partial charge in [0.25, 0.3) is 0 Å². The summed E-state index contributed by atoms with van der Waals surface area (Å²) in [7, 11) is 0. The summed E-state index contributed by atoms with van der Waals surface area (Å²) in [6.45, 7) is 2.25. The predicted octanol–water partition coefficient (Wildman–Crippen LogP) is 2.09. The average Bonchev–Trinajstić information content (AvgIpc) is 2.67. The summed E-state index contributed by atoms with van der Waals surface area (Å²) in [5.41, 5.74) is 0.414. The van der Waals surface area contributed by atoms with Crippen molar-refractivity contribution in [2.75, 3.05) is 24.5 Å². The molecule has 0 radical (unpaired) electrons. The fourth-order valence-electron chi connectivity index (χ4n) is 2.61. The highest BCUT2D eigenvalue weighted by Crippen LogP contribution is 2.40. The molecule has 1 fully saturated rings. The Morgan fingerprint density at radius 3 is 2.94 bits per heavy atom. The molecule has 18 heavy (non-hydrogen) atoms. The Morgan fingerprint density at radius 1 is 1.44 bits per heavy atom. The lowest BCUT2D eigenvalue weighted by molar-refractivity contribution is -0.141. The minimum absolute atomic E-state index is 0.0192. The first-order chi connectivity index (χ1) is 8.47. The first kappa shape index (κ1) is 12.0. The maximum atomic E-state index is 12.7. The Balaban J connectivity index is 2.07. The zero-order valence-electron chi connectivity index (χ0n) is 9.39. The van der Waals surface area contributed by atoms with E-state index in [9.17, 15) is 13.2 Å². The van der Waals surface area contributed by atoms with Crippen molar-refractivity contribution >= 4 is 17.3 Å². The minimum Gasteiger partial charge on any atom is -0.365 e. The summed E-state index contributed by atoms with van der Waals surface area (Å²) < 4.78 is 38.1. The lowest BCUT2D eigenvalue weighted by Gasteiger charge is -2.32. The molecule has 2 aliphatic rings. The Hall–Kier alpha value is -1.01. The number of hydrogen-bond acceptors (Lipinski definition) is 3. The Labute approximate surface area is 107 Å². The largest absolute Gasteiger partial charge is 0.433 e. The molecule has 1 N–H and O–H groups in total. The molecule has 3 heterocycles. The van der Waals surface area contributed by atoms with Gasteiger partial charge in [-0.05, 0) is 12.5 Å². The summed E-state index contributed by atoms with van der Waals surface area (Å²) in [5, 5.41) is 3.21. The number of fused-ring (bicyclic) bond motifs is 3. The van der Waals surface area contributed by atoms with Gasteiger partial charge in [-0.25, -0.2) is 4.98 Å². The van der Waals surface area contributed by atoms with Crippen LogP contribution in [0.5, 0.6) is 0 Å². The second kappa shape index (κ2) is 3.99. The summed E-state index contributed by atoms with van der Waals surface area (Å²) in [6, 6.07) is 1.31. The van der Waals surface area contributed by atoms with E-state index in [2.05, 4.69) is 10.3 Å². The van der Waals surface area contributed by atoms with E-state index in [0.29, 0.717) is 18.7 Å². The quantitative estimate of drug-likeness (QED) is 0.736. The van der Waals surface area contributed by atoms with Crippen molar-refractivity contribution in [3.05, 3.63) is 22.5 Å². The summed E-state index contributed by atoms with van der Waals surface area (Å²) >= 11 is 5.89. The highest BCUT2D eigenvalue weighted by molar-refractivity contribution is 6.30. The van der Waals surface area contributed by atoms with Crippen molar-refractivity contribution in [3.8, 4) is 0 Å². The first-order valence-corrected chi connectivity index (χ1v) is 6.08. The number of nitrogens with zero attached hydrogens (tertiary/aromatic N) is 2. The molecule has 1 unspecified atom stereocenters. The van der Waals surface area contributed by atoms with Crippen molar-refractivity contribution in [3.63, 3.8) is 0 Å². The lowest BCUT2D eigenvalue weighted by atomic mass is 10.1. The molecule has 98 valence electrons. The zero-order chi connectivity index (χ0) is 12.9. The van der Waals surface area contributed by atoms with Crippen LogP contribution >= 0.6 is 11.6 Å². The number of halogens is 4. The smallest absolute Gasteiger partial charge is 0.365 e. The molecule has 7 heteroatoms. The van der Waals surface area contributed by atoms with E-state index in [1.54, 1.807) is 0 Å². The maximum Gasteiger partial charge on any atom is 0.433 e. The number of alkyl halides is 3. The number of rotatable bonds is 0. The highest BCUT2D eigenvalue weighted by Gasteiger charge is 2.38. The summed E-state index contributed by atoms with van der Waals surface area (Å²) in [6.07, 6.45) is -3.79. The molecular formula is C11H11ClF3N3. The van der Waals surface area contributed by atoms with E-state index in [4.69, 9.17) is 11.6 Å². The van der Waals surface area contributed by atoms with Crippen LogP contribution in [-0.2, 0) is 12.6 Å². The van der Waals surface area contributed by atoms with Gasteiger partial charge in [0.05, 0.1) is 0 Å². The molecule has 1 atom stereocenters. The molecule has 0 aliphatic carbocycles. The monoisotopic (exact) mass is 277 g/mol. The van der Waals surface area contributed by atoms with Gasteiger partial charge in [-0.2, -0.15) is 13.2 Å². The summed E-state index contributed by atoms with van der Waals surface area (Å²) in [5.74, 6) is 0.